The van der Waals surface area contributed by atoms with Gasteiger partial charge in [-0.1, -0.05) is 15.9 Å². The molecule has 1 aromatic heterocycles. The summed E-state index contributed by atoms with van der Waals surface area (Å²) in [5.41, 5.74) is 7.71. The molecular formula is C13H12BrN3O. The molecule has 0 fully saturated rings. The number of anilines is 2. The van der Waals surface area contributed by atoms with Crippen LogP contribution in [0, 0.1) is 6.92 Å². The number of nitrogens with one attached hydrogen (secondary N) is 1. The largest absolute Gasteiger partial charge is 0.384 e. The average molecular weight is 306 g/mol. The number of halogens is 1. The predicted molar refractivity (Wildman–Crippen MR) is 75.5 cm³/mol. The number of carbonyl (C=O) groups is 1. The van der Waals surface area contributed by atoms with E-state index in [2.05, 4.69) is 26.2 Å². The van der Waals surface area contributed by atoms with Crippen molar-refractivity contribution < 1.29 is 4.79 Å². The summed E-state index contributed by atoms with van der Waals surface area (Å²) < 4.78 is 0.980. The topological polar surface area (TPSA) is 68.0 Å². The number of nitrogens with zero attached hydrogens (tertiary/aromatic N) is 1. The van der Waals surface area contributed by atoms with E-state index in [1.165, 1.54) is 6.20 Å². The van der Waals surface area contributed by atoms with E-state index in [9.17, 15) is 4.79 Å². The van der Waals surface area contributed by atoms with Crippen molar-refractivity contribution in [3.63, 3.8) is 0 Å². The van der Waals surface area contributed by atoms with Crippen LogP contribution in [0.25, 0.3) is 0 Å². The number of aromatic nitrogens is 1. The van der Waals surface area contributed by atoms with Gasteiger partial charge in [-0.25, -0.2) is 4.98 Å². The number of amides is 1. The van der Waals surface area contributed by atoms with Crippen LogP contribution in [0.5, 0.6) is 0 Å². The van der Waals surface area contributed by atoms with Crippen LogP contribution in [0.4, 0.5) is 11.5 Å². The molecule has 2 aromatic rings. The van der Waals surface area contributed by atoms with Gasteiger partial charge in [-0.2, -0.15) is 0 Å². The molecule has 3 N–H and O–H groups in total. The minimum absolute atomic E-state index is 0.169. The molecule has 0 bridgehead atoms. The Hall–Kier alpha value is -1.88. The first-order chi connectivity index (χ1) is 8.56. The Bertz CT molecular complexity index is 581. The van der Waals surface area contributed by atoms with Gasteiger partial charge in [-0.3, -0.25) is 4.79 Å². The lowest BCUT2D eigenvalue weighted by Gasteiger charge is -2.06. The highest BCUT2D eigenvalue weighted by Gasteiger charge is 2.07. The van der Waals surface area contributed by atoms with E-state index in [0.29, 0.717) is 17.1 Å². The van der Waals surface area contributed by atoms with Crippen LogP contribution in [0.15, 0.2) is 41.0 Å². The Labute approximate surface area is 113 Å². The number of rotatable bonds is 2. The van der Waals surface area contributed by atoms with Gasteiger partial charge in [0.15, 0.2) is 0 Å². The molecule has 1 heterocycles. The lowest BCUT2D eigenvalue weighted by molar-refractivity contribution is 0.102. The molecule has 0 atom stereocenters. The van der Waals surface area contributed by atoms with E-state index in [0.717, 1.165) is 10.0 Å². The molecule has 1 aromatic carbocycles. The minimum atomic E-state index is -0.169. The third-order valence-electron chi connectivity index (χ3n) is 2.46. The van der Waals surface area contributed by atoms with Crippen molar-refractivity contribution in [2.75, 3.05) is 11.1 Å². The van der Waals surface area contributed by atoms with Gasteiger partial charge in [0.2, 0.25) is 0 Å². The van der Waals surface area contributed by atoms with Crippen molar-refractivity contribution in [1.82, 2.24) is 4.98 Å². The Kier molecular flexibility index (Phi) is 3.62. The molecule has 5 heteroatoms. The van der Waals surface area contributed by atoms with E-state index >= 15 is 0 Å². The van der Waals surface area contributed by atoms with E-state index in [4.69, 9.17) is 5.73 Å². The lowest BCUT2D eigenvalue weighted by atomic mass is 10.1. The molecule has 0 unspecified atom stereocenters. The summed E-state index contributed by atoms with van der Waals surface area (Å²) in [6.45, 7) is 1.94. The molecule has 2 rings (SSSR count). The number of nitrogen functional groups attached to an aromatic ring is 1. The van der Waals surface area contributed by atoms with Gasteiger partial charge in [0.05, 0.1) is 11.9 Å². The number of hydrogen-bond acceptors (Lipinski definition) is 3. The second kappa shape index (κ2) is 5.18. The summed E-state index contributed by atoms with van der Waals surface area (Å²) in [5, 5.41) is 2.76. The zero-order valence-corrected chi connectivity index (χ0v) is 11.4. The highest BCUT2D eigenvalue weighted by molar-refractivity contribution is 9.10. The minimum Gasteiger partial charge on any atom is -0.384 e. The Morgan fingerprint density at radius 1 is 1.33 bits per heavy atom. The Balaban J connectivity index is 2.16. The summed E-state index contributed by atoms with van der Waals surface area (Å²) in [7, 11) is 0. The summed E-state index contributed by atoms with van der Waals surface area (Å²) in [4.78, 5) is 15.9. The maximum atomic E-state index is 12.0. The van der Waals surface area contributed by atoms with Gasteiger partial charge in [0, 0.05) is 10.0 Å². The monoisotopic (exact) mass is 305 g/mol. The molecule has 92 valence electrons. The molecule has 18 heavy (non-hydrogen) atoms. The molecule has 0 saturated carbocycles. The quantitative estimate of drug-likeness (QED) is 0.896. The van der Waals surface area contributed by atoms with E-state index in [1.54, 1.807) is 18.2 Å². The van der Waals surface area contributed by atoms with Crippen molar-refractivity contribution in [2.24, 2.45) is 0 Å². The van der Waals surface area contributed by atoms with E-state index in [-0.39, 0.29) is 5.91 Å². The summed E-state index contributed by atoms with van der Waals surface area (Å²) in [5.74, 6) is 0.254. The smallest absolute Gasteiger partial charge is 0.255 e. The normalized spacial score (nSPS) is 10.1. The summed E-state index contributed by atoms with van der Waals surface area (Å²) >= 11 is 3.40. The van der Waals surface area contributed by atoms with Crippen LogP contribution in [0.3, 0.4) is 0 Å². The maximum Gasteiger partial charge on any atom is 0.255 e. The third-order valence-corrected chi connectivity index (χ3v) is 3.35. The fourth-order valence-corrected chi connectivity index (χ4v) is 1.72. The predicted octanol–water partition coefficient (Wildman–Crippen LogP) is 2.99. The molecule has 1 amide bonds. The molecule has 0 radical (unpaired) electrons. The van der Waals surface area contributed by atoms with Crippen molar-refractivity contribution in [1.29, 1.82) is 0 Å². The standard InChI is InChI=1S/C13H12BrN3O/c1-8-6-9(2-4-11(8)14)13(18)17-10-3-5-12(15)16-7-10/h2-7H,1H3,(H2,15,16)(H,17,18). The zero-order valence-electron chi connectivity index (χ0n) is 9.77. The molecule has 4 nitrogen and oxygen atoms in total. The zero-order chi connectivity index (χ0) is 13.1. The van der Waals surface area contributed by atoms with Crippen LogP contribution in [0.2, 0.25) is 0 Å². The SMILES string of the molecule is Cc1cc(C(=O)Nc2ccc(N)nc2)ccc1Br. The maximum absolute atomic E-state index is 12.0. The van der Waals surface area contributed by atoms with Gasteiger partial charge in [-0.15, -0.1) is 0 Å². The van der Waals surface area contributed by atoms with Gasteiger partial charge in [0.25, 0.3) is 5.91 Å². The van der Waals surface area contributed by atoms with Crippen LogP contribution in [-0.4, -0.2) is 10.9 Å². The van der Waals surface area contributed by atoms with E-state index < -0.39 is 0 Å². The summed E-state index contributed by atoms with van der Waals surface area (Å²) in [6, 6.07) is 8.79. The van der Waals surface area contributed by atoms with Crippen molar-refractivity contribution in [3.8, 4) is 0 Å². The van der Waals surface area contributed by atoms with Crippen molar-refractivity contribution >= 4 is 33.3 Å². The highest BCUT2D eigenvalue weighted by atomic mass is 79.9. The Morgan fingerprint density at radius 2 is 2.11 bits per heavy atom. The highest BCUT2D eigenvalue weighted by Crippen LogP contribution is 2.18. The third kappa shape index (κ3) is 2.87. The van der Waals surface area contributed by atoms with Gasteiger partial charge in [0.1, 0.15) is 5.82 Å². The molecule has 0 aliphatic carbocycles. The number of benzene rings is 1. The number of nitrogens with two attached hydrogens (primary N) is 1. The van der Waals surface area contributed by atoms with Gasteiger partial charge in [-0.05, 0) is 42.8 Å². The first-order valence-corrected chi connectivity index (χ1v) is 6.14. The second-order valence-corrected chi connectivity index (χ2v) is 4.74. The van der Waals surface area contributed by atoms with Crippen molar-refractivity contribution in [3.05, 3.63) is 52.1 Å². The molecule has 0 aliphatic rings. The van der Waals surface area contributed by atoms with Crippen LogP contribution < -0.4 is 11.1 Å². The van der Waals surface area contributed by atoms with Crippen LogP contribution in [-0.2, 0) is 0 Å². The Morgan fingerprint density at radius 3 is 2.72 bits per heavy atom. The number of carbonyl (C=O) groups excluding carboxylic acids is 1. The number of pyridine rings is 1. The van der Waals surface area contributed by atoms with Crippen molar-refractivity contribution in [2.45, 2.75) is 6.92 Å². The van der Waals surface area contributed by atoms with Crippen LogP contribution >= 0.6 is 15.9 Å². The first kappa shape index (κ1) is 12.6. The fraction of sp³-hybridized carbons (Fsp3) is 0.0769. The fourth-order valence-electron chi connectivity index (χ4n) is 1.47. The molecule has 0 aliphatic heterocycles. The second-order valence-electron chi connectivity index (χ2n) is 3.89. The molecular weight excluding hydrogens is 294 g/mol. The van der Waals surface area contributed by atoms with E-state index in [1.807, 2.05) is 19.1 Å². The summed E-state index contributed by atoms with van der Waals surface area (Å²) in [6.07, 6.45) is 1.53. The lowest BCUT2D eigenvalue weighted by Crippen LogP contribution is -2.12. The first-order valence-electron chi connectivity index (χ1n) is 5.35. The molecule has 0 spiro atoms. The average Bonchev–Trinajstić information content (AvgIpc) is 2.35. The number of hydrogen-bond donors (Lipinski definition) is 2. The number of aryl methyl sites for hydroxylation is 1. The molecule has 0 saturated heterocycles. The van der Waals surface area contributed by atoms with Gasteiger partial charge < -0.3 is 11.1 Å². The van der Waals surface area contributed by atoms with Crippen LogP contribution in [0.1, 0.15) is 15.9 Å². The van der Waals surface area contributed by atoms with Gasteiger partial charge >= 0.3 is 0 Å².